The van der Waals surface area contributed by atoms with E-state index >= 15 is 0 Å². The first kappa shape index (κ1) is 15.8. The van der Waals surface area contributed by atoms with Crippen LogP contribution in [0.2, 0.25) is 0 Å². The minimum absolute atomic E-state index is 0.0109. The van der Waals surface area contributed by atoms with Crippen molar-refractivity contribution in [2.24, 2.45) is 0 Å². The second-order valence-electron chi connectivity index (χ2n) is 4.78. The van der Waals surface area contributed by atoms with Gasteiger partial charge in [-0.05, 0) is 24.1 Å². The molecule has 0 saturated heterocycles. The van der Waals surface area contributed by atoms with Gasteiger partial charge in [0.15, 0.2) is 17.2 Å². The van der Waals surface area contributed by atoms with E-state index < -0.39 is 5.97 Å². The van der Waals surface area contributed by atoms with Gasteiger partial charge >= 0.3 is 5.97 Å². The molecule has 22 heavy (non-hydrogen) atoms. The lowest BCUT2D eigenvalue weighted by Gasteiger charge is -2.10. The molecule has 0 spiro atoms. The van der Waals surface area contributed by atoms with Crippen LogP contribution in [0.3, 0.4) is 0 Å². The fraction of sp³-hybridized carbons (Fsp3) is 0.400. The largest absolute Gasteiger partial charge is 0.493 e. The number of carboxylic acids is 1. The van der Waals surface area contributed by atoms with Gasteiger partial charge in [0.2, 0.25) is 0 Å². The van der Waals surface area contributed by atoms with E-state index in [2.05, 4.69) is 10.3 Å². The average molecular weight is 305 g/mol. The van der Waals surface area contributed by atoms with Crippen molar-refractivity contribution in [1.29, 1.82) is 0 Å². The van der Waals surface area contributed by atoms with E-state index in [1.807, 2.05) is 19.1 Å². The van der Waals surface area contributed by atoms with Crippen molar-refractivity contribution in [1.82, 2.24) is 15.0 Å². The van der Waals surface area contributed by atoms with E-state index in [4.69, 9.17) is 9.47 Å². The van der Waals surface area contributed by atoms with Crippen molar-refractivity contribution < 1.29 is 19.4 Å². The van der Waals surface area contributed by atoms with Crippen molar-refractivity contribution in [3.63, 3.8) is 0 Å². The number of carboxylic acid groups (broad SMARTS) is 1. The number of ether oxygens (including phenoxy) is 2. The Morgan fingerprint density at radius 2 is 2.00 bits per heavy atom. The molecule has 0 atom stereocenters. The number of hydrogen-bond acceptors (Lipinski definition) is 5. The number of aromatic carboxylic acids is 1. The van der Waals surface area contributed by atoms with Crippen molar-refractivity contribution >= 4 is 5.97 Å². The number of nitrogens with zero attached hydrogens (tertiary/aromatic N) is 3. The second kappa shape index (κ2) is 6.93. The molecule has 0 aliphatic heterocycles. The van der Waals surface area contributed by atoms with E-state index in [0.717, 1.165) is 12.0 Å². The second-order valence-corrected chi connectivity index (χ2v) is 4.78. The lowest BCUT2D eigenvalue weighted by molar-refractivity contribution is 0.0689. The third-order valence-electron chi connectivity index (χ3n) is 3.30. The Kier molecular flexibility index (Phi) is 4.98. The fourth-order valence-electron chi connectivity index (χ4n) is 2.25. The monoisotopic (exact) mass is 305 g/mol. The lowest BCUT2D eigenvalue weighted by Crippen LogP contribution is -2.09. The first-order valence-corrected chi connectivity index (χ1v) is 6.97. The zero-order valence-corrected chi connectivity index (χ0v) is 12.9. The first-order chi connectivity index (χ1) is 10.6. The molecule has 0 amide bonds. The van der Waals surface area contributed by atoms with Gasteiger partial charge in [0.1, 0.15) is 0 Å². The van der Waals surface area contributed by atoms with Gasteiger partial charge in [0.05, 0.1) is 19.9 Å². The molecular formula is C15H19N3O4. The van der Waals surface area contributed by atoms with Crippen molar-refractivity contribution in [2.45, 2.75) is 26.3 Å². The molecular weight excluding hydrogens is 286 g/mol. The van der Waals surface area contributed by atoms with Crippen molar-refractivity contribution in [2.75, 3.05) is 14.2 Å². The van der Waals surface area contributed by atoms with Gasteiger partial charge in [0, 0.05) is 13.0 Å². The van der Waals surface area contributed by atoms with E-state index in [-0.39, 0.29) is 5.69 Å². The van der Waals surface area contributed by atoms with Gasteiger partial charge in [-0.15, -0.1) is 5.10 Å². The Hall–Kier alpha value is -2.57. The van der Waals surface area contributed by atoms with E-state index in [1.165, 1.54) is 0 Å². The molecule has 0 fully saturated rings. The van der Waals surface area contributed by atoms with Gasteiger partial charge in [-0.25, -0.2) is 9.48 Å². The Balaban J connectivity index is 2.37. The zero-order chi connectivity index (χ0) is 16.1. The molecule has 0 bridgehead atoms. The summed E-state index contributed by atoms with van der Waals surface area (Å²) in [4.78, 5) is 11.3. The summed E-state index contributed by atoms with van der Waals surface area (Å²) in [6, 6.07) is 5.49. The Morgan fingerprint density at radius 3 is 2.59 bits per heavy atom. The zero-order valence-electron chi connectivity index (χ0n) is 12.9. The van der Waals surface area contributed by atoms with Gasteiger partial charge in [0.25, 0.3) is 0 Å². The summed E-state index contributed by atoms with van der Waals surface area (Å²) in [5.74, 6) is 0.161. The van der Waals surface area contributed by atoms with Crippen LogP contribution in [-0.2, 0) is 13.0 Å². The maximum absolute atomic E-state index is 11.3. The molecule has 0 radical (unpaired) electrons. The third-order valence-corrected chi connectivity index (χ3v) is 3.30. The maximum Gasteiger partial charge on any atom is 0.358 e. The normalized spacial score (nSPS) is 10.5. The summed E-state index contributed by atoms with van der Waals surface area (Å²) in [5.41, 5.74) is 1.48. The molecule has 7 nitrogen and oxygen atoms in total. The molecule has 2 rings (SSSR count). The Bertz CT molecular complexity index is 667. The van der Waals surface area contributed by atoms with Gasteiger partial charge in [-0.1, -0.05) is 18.2 Å². The molecule has 7 heteroatoms. The summed E-state index contributed by atoms with van der Waals surface area (Å²) in [6.07, 6.45) is 1.26. The molecule has 1 heterocycles. The fourth-order valence-corrected chi connectivity index (χ4v) is 2.25. The van der Waals surface area contributed by atoms with E-state index in [9.17, 15) is 9.90 Å². The summed E-state index contributed by atoms with van der Waals surface area (Å²) in [7, 11) is 3.13. The molecule has 1 N–H and O–H groups in total. The molecule has 0 saturated carbocycles. The van der Waals surface area contributed by atoms with Crippen LogP contribution in [0.1, 0.15) is 35.1 Å². The number of aryl methyl sites for hydroxylation is 1. The number of carbonyl (C=O) groups is 1. The van der Waals surface area contributed by atoms with E-state index in [1.54, 1.807) is 25.0 Å². The maximum atomic E-state index is 11.3. The highest BCUT2D eigenvalue weighted by Crippen LogP contribution is 2.28. The van der Waals surface area contributed by atoms with Crippen LogP contribution in [0.15, 0.2) is 18.2 Å². The van der Waals surface area contributed by atoms with Crippen LogP contribution < -0.4 is 9.47 Å². The molecule has 1 aromatic carbocycles. The van der Waals surface area contributed by atoms with Crippen LogP contribution >= 0.6 is 0 Å². The standard InChI is InChI=1S/C15H19N3O4/c1-4-7-18-11(14(15(19)20)16-17-18)8-10-5-6-12(21-2)13(9-10)22-3/h5-6,9H,4,7-8H2,1-3H3,(H,19,20). The topological polar surface area (TPSA) is 86.5 Å². The molecule has 0 unspecified atom stereocenters. The molecule has 1 aromatic heterocycles. The SMILES string of the molecule is CCCn1nnc(C(=O)O)c1Cc1ccc(OC)c(OC)c1. The number of benzene rings is 1. The van der Waals surface area contributed by atoms with E-state index in [0.29, 0.717) is 30.2 Å². The average Bonchev–Trinajstić information content (AvgIpc) is 2.90. The number of hydrogen-bond donors (Lipinski definition) is 1. The predicted molar refractivity (Wildman–Crippen MR) is 79.6 cm³/mol. The highest BCUT2D eigenvalue weighted by atomic mass is 16.5. The molecule has 0 aliphatic carbocycles. The lowest BCUT2D eigenvalue weighted by atomic mass is 10.1. The van der Waals surface area contributed by atoms with Crippen LogP contribution in [0.25, 0.3) is 0 Å². The summed E-state index contributed by atoms with van der Waals surface area (Å²) < 4.78 is 12.1. The minimum Gasteiger partial charge on any atom is -0.493 e. The highest BCUT2D eigenvalue weighted by Gasteiger charge is 2.19. The summed E-state index contributed by atoms with van der Waals surface area (Å²) in [5, 5.41) is 16.9. The van der Waals surface area contributed by atoms with Crippen LogP contribution in [0.5, 0.6) is 11.5 Å². The first-order valence-electron chi connectivity index (χ1n) is 6.97. The van der Waals surface area contributed by atoms with Gasteiger partial charge in [-0.3, -0.25) is 0 Å². The smallest absolute Gasteiger partial charge is 0.358 e. The summed E-state index contributed by atoms with van der Waals surface area (Å²) >= 11 is 0. The van der Waals surface area contributed by atoms with Crippen LogP contribution in [-0.4, -0.2) is 40.3 Å². The van der Waals surface area contributed by atoms with Crippen LogP contribution in [0, 0.1) is 0 Å². The van der Waals surface area contributed by atoms with Crippen molar-refractivity contribution in [3.05, 3.63) is 35.2 Å². The third kappa shape index (κ3) is 3.19. The molecule has 0 aliphatic rings. The van der Waals surface area contributed by atoms with Crippen molar-refractivity contribution in [3.8, 4) is 11.5 Å². The number of methoxy groups -OCH3 is 2. The highest BCUT2D eigenvalue weighted by molar-refractivity contribution is 5.86. The Morgan fingerprint density at radius 1 is 1.27 bits per heavy atom. The predicted octanol–water partition coefficient (Wildman–Crippen LogP) is 1.99. The van der Waals surface area contributed by atoms with Gasteiger partial charge < -0.3 is 14.6 Å². The number of rotatable bonds is 7. The minimum atomic E-state index is -1.07. The Labute approximate surface area is 128 Å². The quantitative estimate of drug-likeness (QED) is 0.842. The van der Waals surface area contributed by atoms with Gasteiger partial charge in [-0.2, -0.15) is 0 Å². The summed E-state index contributed by atoms with van der Waals surface area (Å²) in [6.45, 7) is 2.63. The molecule has 118 valence electrons. The molecule has 2 aromatic rings. The number of aromatic nitrogens is 3. The van der Waals surface area contributed by atoms with Crippen LogP contribution in [0.4, 0.5) is 0 Å².